The maximum absolute atomic E-state index is 12.8. The molecule has 0 heterocycles. The van der Waals surface area contributed by atoms with Gasteiger partial charge in [-0.3, -0.25) is 0 Å². The van der Waals surface area contributed by atoms with E-state index in [2.05, 4.69) is 5.32 Å². The predicted octanol–water partition coefficient (Wildman–Crippen LogP) is 4.94. The fourth-order valence-corrected chi connectivity index (χ4v) is 1.92. The number of hydrogen-bond acceptors (Lipinski definition) is 2. The van der Waals surface area contributed by atoms with Crippen LogP contribution in [0.5, 0.6) is 0 Å². The zero-order chi connectivity index (χ0) is 17.7. The van der Waals surface area contributed by atoms with Crippen LogP contribution < -0.4 is 5.32 Å². The molecule has 1 aromatic rings. The van der Waals surface area contributed by atoms with Crippen molar-refractivity contribution in [3.8, 4) is 0 Å². The van der Waals surface area contributed by atoms with Crippen molar-refractivity contribution < 1.29 is 22.7 Å². The Morgan fingerprint density at radius 1 is 1.26 bits per heavy atom. The topological polar surface area (TPSA) is 38.3 Å². The number of ether oxygens (including phenoxy) is 1. The molecule has 1 amide bonds. The molecule has 0 aliphatic carbocycles. The fraction of sp³-hybridized carbons (Fsp3) is 0.471. The Bertz CT molecular complexity index is 572. The highest BCUT2D eigenvalue weighted by atomic mass is 19.4. The minimum Gasteiger partial charge on any atom is -0.444 e. The molecule has 0 aliphatic heterocycles. The molecular formula is C17H22F3NO2. The lowest BCUT2D eigenvalue weighted by molar-refractivity contribution is -0.138. The van der Waals surface area contributed by atoms with Gasteiger partial charge in [0.1, 0.15) is 5.60 Å². The standard InChI is InChI=1S/C17H22F3NO2/c1-12-13(9-7-10-14(12)17(18,19)20)8-5-6-11-21-15(22)23-16(2,3)4/h5,7-10H,6,11H2,1-4H3,(H,21,22). The first-order chi connectivity index (χ1) is 10.5. The molecule has 128 valence electrons. The monoisotopic (exact) mass is 329 g/mol. The molecule has 1 aromatic carbocycles. The van der Waals surface area contributed by atoms with Crippen molar-refractivity contribution >= 4 is 12.2 Å². The van der Waals surface area contributed by atoms with E-state index in [-0.39, 0.29) is 5.56 Å². The van der Waals surface area contributed by atoms with Crippen LogP contribution in [0.25, 0.3) is 6.08 Å². The zero-order valence-corrected chi connectivity index (χ0v) is 13.8. The van der Waals surface area contributed by atoms with Crippen LogP contribution >= 0.6 is 0 Å². The Morgan fingerprint density at radius 3 is 2.48 bits per heavy atom. The van der Waals surface area contributed by atoms with Crippen molar-refractivity contribution in [2.45, 2.75) is 45.9 Å². The van der Waals surface area contributed by atoms with Crippen LogP contribution in [-0.4, -0.2) is 18.2 Å². The molecule has 3 nitrogen and oxygen atoms in total. The second kappa shape index (κ2) is 7.53. The van der Waals surface area contributed by atoms with Gasteiger partial charge in [-0.15, -0.1) is 0 Å². The normalized spacial score (nSPS) is 12.5. The summed E-state index contributed by atoms with van der Waals surface area (Å²) < 4.78 is 43.5. The Morgan fingerprint density at radius 2 is 1.91 bits per heavy atom. The lowest BCUT2D eigenvalue weighted by atomic mass is 10.0. The summed E-state index contributed by atoms with van der Waals surface area (Å²) in [6, 6.07) is 4.08. The average molecular weight is 329 g/mol. The maximum atomic E-state index is 12.8. The lowest BCUT2D eigenvalue weighted by Gasteiger charge is -2.19. The number of nitrogens with one attached hydrogen (secondary N) is 1. The molecule has 0 saturated heterocycles. The van der Waals surface area contributed by atoms with E-state index < -0.39 is 23.4 Å². The second-order valence-electron chi connectivity index (χ2n) is 6.14. The van der Waals surface area contributed by atoms with Crippen LogP contribution in [0.3, 0.4) is 0 Å². The molecule has 0 bridgehead atoms. The third-order valence-corrected chi connectivity index (χ3v) is 2.96. The van der Waals surface area contributed by atoms with Crippen LogP contribution in [0.2, 0.25) is 0 Å². The van der Waals surface area contributed by atoms with Gasteiger partial charge in [-0.2, -0.15) is 13.2 Å². The van der Waals surface area contributed by atoms with Gasteiger partial charge in [0.25, 0.3) is 0 Å². The van der Waals surface area contributed by atoms with E-state index in [0.717, 1.165) is 6.07 Å². The first-order valence-electron chi connectivity index (χ1n) is 7.31. The molecule has 0 fully saturated rings. The van der Waals surface area contributed by atoms with Crippen LogP contribution in [0, 0.1) is 6.92 Å². The second-order valence-corrected chi connectivity index (χ2v) is 6.14. The first-order valence-corrected chi connectivity index (χ1v) is 7.31. The smallest absolute Gasteiger partial charge is 0.416 e. The molecule has 1 N–H and O–H groups in total. The van der Waals surface area contributed by atoms with Crippen molar-refractivity contribution in [2.24, 2.45) is 0 Å². The van der Waals surface area contributed by atoms with E-state index in [4.69, 9.17) is 4.74 Å². The summed E-state index contributed by atoms with van der Waals surface area (Å²) in [6.07, 6.45) is -1.02. The molecule has 0 spiro atoms. The zero-order valence-electron chi connectivity index (χ0n) is 13.8. The average Bonchev–Trinajstić information content (AvgIpc) is 2.36. The van der Waals surface area contributed by atoms with Gasteiger partial charge in [-0.1, -0.05) is 24.3 Å². The Balaban J connectivity index is 2.55. The Hall–Kier alpha value is -1.98. The number of halogens is 3. The molecule has 6 heteroatoms. The van der Waals surface area contributed by atoms with Crippen LogP contribution in [0.1, 0.15) is 43.9 Å². The van der Waals surface area contributed by atoms with Crippen LogP contribution in [0.4, 0.5) is 18.0 Å². The van der Waals surface area contributed by atoms with Gasteiger partial charge in [-0.05, 0) is 51.3 Å². The lowest BCUT2D eigenvalue weighted by Crippen LogP contribution is -2.32. The van der Waals surface area contributed by atoms with E-state index in [1.165, 1.54) is 13.0 Å². The number of benzene rings is 1. The van der Waals surface area contributed by atoms with Gasteiger partial charge < -0.3 is 10.1 Å². The van der Waals surface area contributed by atoms with Gasteiger partial charge in [-0.25, -0.2) is 4.79 Å². The number of rotatable bonds is 4. The first kappa shape index (κ1) is 19.1. The summed E-state index contributed by atoms with van der Waals surface area (Å²) in [4.78, 5) is 11.4. The molecule has 0 saturated carbocycles. The van der Waals surface area contributed by atoms with Gasteiger partial charge >= 0.3 is 12.3 Å². The van der Waals surface area contributed by atoms with E-state index in [1.807, 2.05) is 0 Å². The third kappa shape index (κ3) is 6.76. The summed E-state index contributed by atoms with van der Waals surface area (Å²) in [6.45, 7) is 7.10. The Kier molecular flexibility index (Phi) is 6.24. The molecule has 0 aliphatic rings. The third-order valence-electron chi connectivity index (χ3n) is 2.96. The van der Waals surface area contributed by atoms with E-state index in [9.17, 15) is 18.0 Å². The van der Waals surface area contributed by atoms with Crippen molar-refractivity contribution in [3.05, 3.63) is 41.0 Å². The largest absolute Gasteiger partial charge is 0.444 e. The van der Waals surface area contributed by atoms with Crippen molar-refractivity contribution in [1.82, 2.24) is 5.32 Å². The number of hydrogen-bond donors (Lipinski definition) is 1. The number of alkyl halides is 3. The summed E-state index contributed by atoms with van der Waals surface area (Å²) in [5.74, 6) is 0. The molecule has 23 heavy (non-hydrogen) atoms. The highest BCUT2D eigenvalue weighted by Crippen LogP contribution is 2.33. The van der Waals surface area contributed by atoms with Crippen LogP contribution in [0.15, 0.2) is 24.3 Å². The van der Waals surface area contributed by atoms with Crippen molar-refractivity contribution in [1.29, 1.82) is 0 Å². The van der Waals surface area contributed by atoms with E-state index in [0.29, 0.717) is 18.5 Å². The summed E-state index contributed by atoms with van der Waals surface area (Å²) in [7, 11) is 0. The summed E-state index contributed by atoms with van der Waals surface area (Å²) in [5.41, 5.74) is -0.491. The van der Waals surface area contributed by atoms with Crippen LogP contribution in [-0.2, 0) is 10.9 Å². The molecular weight excluding hydrogens is 307 g/mol. The van der Waals surface area contributed by atoms with E-state index in [1.54, 1.807) is 39.0 Å². The molecule has 0 unspecified atom stereocenters. The minimum absolute atomic E-state index is 0.191. The number of alkyl carbamates (subject to hydrolysis) is 1. The molecule has 0 atom stereocenters. The van der Waals surface area contributed by atoms with Gasteiger partial charge in [0, 0.05) is 6.54 Å². The quantitative estimate of drug-likeness (QED) is 0.794. The Labute approximate surface area is 134 Å². The molecule has 0 radical (unpaired) electrons. The molecule has 1 rings (SSSR count). The van der Waals surface area contributed by atoms with Gasteiger partial charge in [0.15, 0.2) is 0 Å². The van der Waals surface area contributed by atoms with Gasteiger partial charge in [0.2, 0.25) is 0 Å². The maximum Gasteiger partial charge on any atom is 0.416 e. The summed E-state index contributed by atoms with van der Waals surface area (Å²) >= 11 is 0. The SMILES string of the molecule is Cc1c(C=CCCNC(=O)OC(C)(C)C)cccc1C(F)(F)F. The predicted molar refractivity (Wildman–Crippen MR) is 84.1 cm³/mol. The number of carbonyl (C=O) groups excluding carboxylic acids is 1. The highest BCUT2D eigenvalue weighted by Gasteiger charge is 2.32. The van der Waals surface area contributed by atoms with Crippen molar-refractivity contribution in [3.63, 3.8) is 0 Å². The fourth-order valence-electron chi connectivity index (χ4n) is 1.92. The number of carbonyl (C=O) groups is 1. The van der Waals surface area contributed by atoms with E-state index >= 15 is 0 Å². The highest BCUT2D eigenvalue weighted by molar-refractivity contribution is 5.67. The van der Waals surface area contributed by atoms with Gasteiger partial charge in [0.05, 0.1) is 5.56 Å². The summed E-state index contributed by atoms with van der Waals surface area (Å²) in [5, 5.41) is 2.58. The number of amides is 1. The molecule has 0 aromatic heterocycles. The minimum atomic E-state index is -4.35. The van der Waals surface area contributed by atoms with Crippen molar-refractivity contribution in [2.75, 3.05) is 6.54 Å².